The second-order valence-corrected chi connectivity index (χ2v) is 4.64. The molecule has 2 amide bonds. The lowest BCUT2D eigenvalue weighted by Gasteiger charge is -2.28. The molecular weight excluding hydrogens is 226 g/mol. The van der Waals surface area contributed by atoms with Gasteiger partial charge in [0.1, 0.15) is 0 Å². The van der Waals surface area contributed by atoms with Gasteiger partial charge in [-0.15, -0.1) is 6.58 Å². The van der Waals surface area contributed by atoms with Gasteiger partial charge in [0, 0.05) is 0 Å². The number of imide groups is 1. The van der Waals surface area contributed by atoms with Gasteiger partial charge in [-0.05, 0) is 18.1 Å². The van der Waals surface area contributed by atoms with Crippen LogP contribution in [0.5, 0.6) is 0 Å². The lowest BCUT2D eigenvalue weighted by Crippen LogP contribution is -2.42. The fourth-order valence-electron chi connectivity index (χ4n) is 2.31. The van der Waals surface area contributed by atoms with Crippen molar-refractivity contribution < 1.29 is 9.59 Å². The van der Waals surface area contributed by atoms with Crippen molar-refractivity contribution in [1.29, 1.82) is 0 Å². The van der Waals surface area contributed by atoms with Crippen molar-refractivity contribution in [1.82, 2.24) is 4.90 Å². The molecule has 94 valence electrons. The van der Waals surface area contributed by atoms with Crippen molar-refractivity contribution >= 4 is 11.8 Å². The maximum atomic E-state index is 12.3. The number of carbonyl (C=O) groups is 2. The molecule has 1 aliphatic rings. The number of hydrogen-bond donors (Lipinski definition) is 0. The Balaban J connectivity index is 2.41. The van der Waals surface area contributed by atoms with Crippen molar-refractivity contribution in [3.05, 3.63) is 48.0 Å². The number of carbonyl (C=O) groups excluding carboxylic acids is 2. The molecule has 0 aliphatic carbocycles. The van der Waals surface area contributed by atoms with Crippen LogP contribution in [0.2, 0.25) is 0 Å². The maximum Gasteiger partial charge on any atom is 0.262 e. The Kier molecular flexibility index (Phi) is 3.32. The largest absolute Gasteiger partial charge is 0.269 e. The van der Waals surface area contributed by atoms with Crippen LogP contribution < -0.4 is 0 Å². The molecule has 0 fully saturated rings. The Labute approximate surface area is 107 Å². The van der Waals surface area contributed by atoms with E-state index in [2.05, 4.69) is 6.58 Å². The summed E-state index contributed by atoms with van der Waals surface area (Å²) in [6.45, 7) is 7.82. The van der Waals surface area contributed by atoms with Gasteiger partial charge in [-0.1, -0.05) is 38.5 Å². The normalized spacial score (nSPS) is 17.6. The van der Waals surface area contributed by atoms with Gasteiger partial charge < -0.3 is 0 Å². The van der Waals surface area contributed by atoms with Gasteiger partial charge in [-0.25, -0.2) is 0 Å². The maximum absolute atomic E-state index is 12.3. The SMILES string of the molecule is C=CC(C(C)CC)N1C(=O)c2ccccc2C1=O. The van der Waals surface area contributed by atoms with E-state index in [0.29, 0.717) is 11.1 Å². The predicted molar refractivity (Wildman–Crippen MR) is 70.4 cm³/mol. The number of benzene rings is 1. The Morgan fingerprint density at radius 3 is 2.11 bits per heavy atom. The molecule has 0 N–H and O–H groups in total. The monoisotopic (exact) mass is 243 g/mol. The van der Waals surface area contributed by atoms with Crippen LogP contribution in [0.4, 0.5) is 0 Å². The summed E-state index contributed by atoms with van der Waals surface area (Å²) in [4.78, 5) is 25.9. The molecule has 2 atom stereocenters. The van der Waals surface area contributed by atoms with E-state index >= 15 is 0 Å². The average Bonchev–Trinajstić information content (AvgIpc) is 2.65. The first-order valence-electron chi connectivity index (χ1n) is 6.21. The minimum Gasteiger partial charge on any atom is -0.269 e. The summed E-state index contributed by atoms with van der Waals surface area (Å²) < 4.78 is 0. The zero-order chi connectivity index (χ0) is 13.3. The molecule has 2 rings (SSSR count). The van der Waals surface area contributed by atoms with E-state index in [1.54, 1.807) is 30.3 Å². The Morgan fingerprint density at radius 1 is 1.22 bits per heavy atom. The first-order chi connectivity index (χ1) is 8.61. The Hall–Kier alpha value is -1.90. The fourth-order valence-corrected chi connectivity index (χ4v) is 2.31. The number of fused-ring (bicyclic) bond motifs is 1. The first-order valence-corrected chi connectivity index (χ1v) is 6.21. The standard InChI is InChI=1S/C15H17NO2/c1-4-10(3)13(5-2)16-14(17)11-8-6-7-9-12(11)15(16)18/h5-10,13H,2,4H2,1,3H3. The molecule has 0 bridgehead atoms. The van der Waals surface area contributed by atoms with Crippen LogP contribution >= 0.6 is 0 Å². The van der Waals surface area contributed by atoms with E-state index in [0.717, 1.165) is 6.42 Å². The third-order valence-electron chi connectivity index (χ3n) is 3.59. The zero-order valence-corrected chi connectivity index (χ0v) is 10.7. The number of rotatable bonds is 4. The quantitative estimate of drug-likeness (QED) is 0.602. The molecule has 18 heavy (non-hydrogen) atoms. The molecule has 3 heteroatoms. The van der Waals surface area contributed by atoms with Crippen LogP contribution in [-0.4, -0.2) is 22.8 Å². The molecule has 1 aromatic carbocycles. The molecule has 1 heterocycles. The number of amides is 2. The molecule has 1 aliphatic heterocycles. The van der Waals surface area contributed by atoms with Crippen LogP contribution in [0.1, 0.15) is 41.0 Å². The van der Waals surface area contributed by atoms with Crippen molar-refractivity contribution in [3.63, 3.8) is 0 Å². The second-order valence-electron chi connectivity index (χ2n) is 4.64. The predicted octanol–water partition coefficient (Wildman–Crippen LogP) is 2.88. The minimum absolute atomic E-state index is 0.208. The van der Waals surface area contributed by atoms with Gasteiger partial charge in [-0.2, -0.15) is 0 Å². The van der Waals surface area contributed by atoms with Crippen molar-refractivity contribution in [2.75, 3.05) is 0 Å². The summed E-state index contributed by atoms with van der Waals surface area (Å²) in [5, 5.41) is 0. The van der Waals surface area contributed by atoms with Gasteiger partial charge in [0.25, 0.3) is 11.8 Å². The lowest BCUT2D eigenvalue weighted by molar-refractivity contribution is 0.0576. The van der Waals surface area contributed by atoms with Gasteiger partial charge in [0.15, 0.2) is 0 Å². The van der Waals surface area contributed by atoms with Crippen LogP contribution in [0, 0.1) is 5.92 Å². The highest BCUT2D eigenvalue weighted by Crippen LogP contribution is 2.28. The molecular formula is C15H17NO2. The van der Waals surface area contributed by atoms with E-state index in [1.807, 2.05) is 13.8 Å². The zero-order valence-electron chi connectivity index (χ0n) is 10.7. The molecule has 0 saturated carbocycles. The van der Waals surface area contributed by atoms with Gasteiger partial charge >= 0.3 is 0 Å². The van der Waals surface area contributed by atoms with Crippen LogP contribution in [-0.2, 0) is 0 Å². The highest BCUT2D eigenvalue weighted by atomic mass is 16.2. The van der Waals surface area contributed by atoms with E-state index < -0.39 is 0 Å². The lowest BCUT2D eigenvalue weighted by atomic mass is 9.98. The summed E-state index contributed by atoms with van der Waals surface area (Å²) in [5.74, 6) is -0.202. The molecule has 3 nitrogen and oxygen atoms in total. The van der Waals surface area contributed by atoms with Crippen LogP contribution in [0.3, 0.4) is 0 Å². The smallest absolute Gasteiger partial charge is 0.262 e. The summed E-state index contributed by atoms with van der Waals surface area (Å²) >= 11 is 0. The highest BCUT2D eigenvalue weighted by Gasteiger charge is 2.39. The molecule has 2 unspecified atom stereocenters. The molecule has 0 radical (unpaired) electrons. The summed E-state index contributed by atoms with van der Waals surface area (Å²) in [5.41, 5.74) is 0.996. The minimum atomic E-state index is -0.234. The molecule has 0 saturated heterocycles. The summed E-state index contributed by atoms with van der Waals surface area (Å²) in [6.07, 6.45) is 2.58. The van der Waals surface area contributed by atoms with Crippen molar-refractivity contribution in [2.45, 2.75) is 26.3 Å². The topological polar surface area (TPSA) is 37.4 Å². The Morgan fingerprint density at radius 2 is 1.72 bits per heavy atom. The fraction of sp³-hybridized carbons (Fsp3) is 0.333. The van der Waals surface area contributed by atoms with Gasteiger partial charge in [0.05, 0.1) is 17.2 Å². The molecule has 0 aromatic heterocycles. The second kappa shape index (κ2) is 4.77. The number of nitrogens with zero attached hydrogens (tertiary/aromatic N) is 1. The van der Waals surface area contributed by atoms with Crippen molar-refractivity contribution in [2.24, 2.45) is 5.92 Å². The van der Waals surface area contributed by atoms with E-state index in [1.165, 1.54) is 4.90 Å². The van der Waals surface area contributed by atoms with Crippen molar-refractivity contribution in [3.8, 4) is 0 Å². The first kappa shape index (κ1) is 12.6. The molecule has 0 spiro atoms. The summed E-state index contributed by atoms with van der Waals surface area (Å²) in [6, 6.07) is 6.72. The van der Waals surface area contributed by atoms with Gasteiger partial charge in [-0.3, -0.25) is 14.5 Å². The van der Waals surface area contributed by atoms with E-state index in [9.17, 15) is 9.59 Å². The summed E-state index contributed by atoms with van der Waals surface area (Å²) in [7, 11) is 0. The van der Waals surface area contributed by atoms with Crippen LogP contribution in [0.25, 0.3) is 0 Å². The molecule has 1 aromatic rings. The average molecular weight is 243 g/mol. The third kappa shape index (κ3) is 1.76. The van der Waals surface area contributed by atoms with E-state index in [4.69, 9.17) is 0 Å². The van der Waals surface area contributed by atoms with Crippen LogP contribution in [0.15, 0.2) is 36.9 Å². The highest BCUT2D eigenvalue weighted by molar-refractivity contribution is 6.21. The number of hydrogen-bond acceptors (Lipinski definition) is 2. The van der Waals surface area contributed by atoms with Gasteiger partial charge in [0.2, 0.25) is 0 Å². The van der Waals surface area contributed by atoms with E-state index in [-0.39, 0.29) is 23.8 Å². The Bertz CT molecular complexity index is 472. The third-order valence-corrected chi connectivity index (χ3v) is 3.59.